The third-order valence-electron chi connectivity index (χ3n) is 2.75. The molecule has 2 heterocycles. The van der Waals surface area contributed by atoms with Crippen LogP contribution in [0.1, 0.15) is 0 Å². The smallest absolute Gasteiger partial charge is 0.245 e. The highest BCUT2D eigenvalue weighted by molar-refractivity contribution is 7.99. The quantitative estimate of drug-likeness (QED) is 0.664. The van der Waals surface area contributed by atoms with E-state index in [1.54, 1.807) is 0 Å². The molecule has 0 saturated carbocycles. The summed E-state index contributed by atoms with van der Waals surface area (Å²) in [6, 6.07) is 0. The zero-order chi connectivity index (χ0) is 13.0. The zero-order valence-electron chi connectivity index (χ0n) is 9.92. The molecule has 1 fully saturated rings. The Kier molecular flexibility index (Phi) is 4.49. The standard InChI is InChI=1S/C9H17N5O2S2/c10-9-8(7-11-13-9)18(15,16)12-1-2-14-3-5-17-6-4-14/h7,12H,1-6H2,(H3,10,11,13). The fourth-order valence-electron chi connectivity index (χ4n) is 1.74. The molecule has 2 rings (SSSR count). The number of sulfonamides is 1. The molecule has 0 amide bonds. The number of rotatable bonds is 5. The van der Waals surface area contributed by atoms with Crippen molar-refractivity contribution in [2.24, 2.45) is 0 Å². The van der Waals surface area contributed by atoms with Gasteiger partial charge in [0.15, 0.2) is 0 Å². The summed E-state index contributed by atoms with van der Waals surface area (Å²) >= 11 is 1.93. The fourth-order valence-corrected chi connectivity index (χ4v) is 3.76. The van der Waals surface area contributed by atoms with Gasteiger partial charge in [0.25, 0.3) is 0 Å². The van der Waals surface area contributed by atoms with Crippen molar-refractivity contribution in [2.75, 3.05) is 43.4 Å². The number of aromatic amines is 1. The van der Waals surface area contributed by atoms with Crippen LogP contribution in [0, 0.1) is 0 Å². The Labute approximate surface area is 111 Å². The summed E-state index contributed by atoms with van der Waals surface area (Å²) in [4.78, 5) is 2.26. The van der Waals surface area contributed by atoms with Gasteiger partial charge in [-0.1, -0.05) is 0 Å². The van der Waals surface area contributed by atoms with E-state index < -0.39 is 10.0 Å². The first kappa shape index (κ1) is 13.7. The van der Waals surface area contributed by atoms with Crippen molar-refractivity contribution >= 4 is 27.6 Å². The summed E-state index contributed by atoms with van der Waals surface area (Å²) in [5.74, 6) is 2.29. The van der Waals surface area contributed by atoms with Crippen LogP contribution in [-0.2, 0) is 10.0 Å². The maximum absolute atomic E-state index is 11.9. The maximum Gasteiger partial charge on any atom is 0.245 e. The van der Waals surface area contributed by atoms with Gasteiger partial charge in [0, 0.05) is 37.7 Å². The summed E-state index contributed by atoms with van der Waals surface area (Å²) in [7, 11) is -3.55. The summed E-state index contributed by atoms with van der Waals surface area (Å²) in [5, 5.41) is 6.01. The highest BCUT2D eigenvalue weighted by atomic mass is 32.2. The maximum atomic E-state index is 11.9. The Morgan fingerprint density at radius 2 is 2.22 bits per heavy atom. The lowest BCUT2D eigenvalue weighted by atomic mass is 10.5. The summed E-state index contributed by atoms with van der Waals surface area (Å²) in [6.07, 6.45) is 1.22. The number of hydrogen-bond acceptors (Lipinski definition) is 6. The lowest BCUT2D eigenvalue weighted by Gasteiger charge is -2.25. The molecule has 1 aromatic rings. The molecular formula is C9H17N5O2S2. The number of aromatic nitrogens is 2. The second-order valence-corrected chi connectivity index (χ2v) is 6.96. The second-order valence-electron chi connectivity index (χ2n) is 4.00. The minimum absolute atomic E-state index is 0.0108. The van der Waals surface area contributed by atoms with Gasteiger partial charge in [-0.2, -0.15) is 16.9 Å². The van der Waals surface area contributed by atoms with Crippen LogP contribution in [0.3, 0.4) is 0 Å². The molecule has 0 bridgehead atoms. The molecule has 7 nitrogen and oxygen atoms in total. The van der Waals surface area contributed by atoms with Gasteiger partial charge in [-0.05, 0) is 0 Å². The van der Waals surface area contributed by atoms with Gasteiger partial charge in [0.2, 0.25) is 10.0 Å². The van der Waals surface area contributed by atoms with Crippen LogP contribution in [0.15, 0.2) is 11.1 Å². The van der Waals surface area contributed by atoms with Gasteiger partial charge in [-0.15, -0.1) is 0 Å². The average molecular weight is 291 g/mol. The molecule has 0 aliphatic carbocycles. The van der Waals surface area contributed by atoms with Crippen LogP contribution in [0.5, 0.6) is 0 Å². The van der Waals surface area contributed by atoms with Crippen molar-refractivity contribution in [1.29, 1.82) is 0 Å². The van der Waals surface area contributed by atoms with E-state index in [1.807, 2.05) is 11.8 Å². The van der Waals surface area contributed by atoms with Crippen LogP contribution in [0.25, 0.3) is 0 Å². The van der Waals surface area contributed by atoms with E-state index in [0.717, 1.165) is 31.1 Å². The van der Waals surface area contributed by atoms with Gasteiger partial charge in [-0.25, -0.2) is 13.1 Å². The van der Waals surface area contributed by atoms with E-state index in [1.165, 1.54) is 6.20 Å². The van der Waals surface area contributed by atoms with E-state index in [-0.39, 0.29) is 10.7 Å². The Bertz CT molecular complexity index is 481. The molecule has 4 N–H and O–H groups in total. The molecule has 0 unspecified atom stereocenters. The minimum atomic E-state index is -3.55. The molecule has 1 aliphatic heterocycles. The first-order valence-corrected chi connectivity index (χ1v) is 8.32. The molecule has 0 atom stereocenters. The van der Waals surface area contributed by atoms with Gasteiger partial charge in [0.05, 0.1) is 6.20 Å². The number of nitrogens with two attached hydrogens (primary N) is 1. The lowest BCUT2D eigenvalue weighted by Crippen LogP contribution is -2.39. The number of nitrogens with zero attached hydrogens (tertiary/aromatic N) is 2. The van der Waals surface area contributed by atoms with Gasteiger partial charge in [0.1, 0.15) is 10.7 Å². The number of thioether (sulfide) groups is 1. The van der Waals surface area contributed by atoms with E-state index in [2.05, 4.69) is 19.8 Å². The van der Waals surface area contributed by atoms with Crippen molar-refractivity contribution in [3.63, 3.8) is 0 Å². The van der Waals surface area contributed by atoms with E-state index in [9.17, 15) is 8.42 Å². The first-order valence-electron chi connectivity index (χ1n) is 5.68. The van der Waals surface area contributed by atoms with Crippen LogP contribution in [0.2, 0.25) is 0 Å². The average Bonchev–Trinajstić information content (AvgIpc) is 2.77. The second kappa shape index (κ2) is 5.91. The zero-order valence-corrected chi connectivity index (χ0v) is 11.6. The predicted molar refractivity (Wildman–Crippen MR) is 72.0 cm³/mol. The van der Waals surface area contributed by atoms with Gasteiger partial charge in [-0.3, -0.25) is 5.10 Å². The van der Waals surface area contributed by atoms with Crippen molar-refractivity contribution in [2.45, 2.75) is 4.90 Å². The Hall–Kier alpha value is -0.770. The molecule has 0 radical (unpaired) electrons. The molecule has 1 aliphatic rings. The van der Waals surface area contributed by atoms with Crippen molar-refractivity contribution in [3.8, 4) is 0 Å². The van der Waals surface area contributed by atoms with E-state index in [4.69, 9.17) is 5.73 Å². The number of hydrogen-bond donors (Lipinski definition) is 3. The minimum Gasteiger partial charge on any atom is -0.383 e. The Balaban J connectivity index is 1.84. The van der Waals surface area contributed by atoms with Crippen LogP contribution < -0.4 is 10.5 Å². The molecule has 102 valence electrons. The first-order chi connectivity index (χ1) is 8.59. The number of anilines is 1. The largest absolute Gasteiger partial charge is 0.383 e. The van der Waals surface area contributed by atoms with Gasteiger partial charge >= 0.3 is 0 Å². The SMILES string of the molecule is Nc1[nH]ncc1S(=O)(=O)NCCN1CCSCC1. The summed E-state index contributed by atoms with van der Waals surface area (Å²) in [6.45, 7) is 3.13. The molecule has 0 aromatic carbocycles. The van der Waals surface area contributed by atoms with Crippen LogP contribution in [-0.4, -0.2) is 61.2 Å². The van der Waals surface area contributed by atoms with E-state index in [0.29, 0.717) is 6.54 Å². The molecule has 1 aromatic heterocycles. The van der Waals surface area contributed by atoms with Crippen LogP contribution in [0.4, 0.5) is 5.82 Å². The third-order valence-corrected chi connectivity index (χ3v) is 5.18. The molecule has 9 heteroatoms. The predicted octanol–water partition coefficient (Wildman–Crippen LogP) is -0.681. The normalized spacial score (nSPS) is 18.0. The van der Waals surface area contributed by atoms with Gasteiger partial charge < -0.3 is 10.6 Å². The molecular weight excluding hydrogens is 274 g/mol. The highest BCUT2D eigenvalue weighted by Gasteiger charge is 2.19. The molecule has 1 saturated heterocycles. The Morgan fingerprint density at radius 3 is 2.83 bits per heavy atom. The fraction of sp³-hybridized carbons (Fsp3) is 0.667. The topological polar surface area (TPSA) is 104 Å². The monoisotopic (exact) mass is 291 g/mol. The number of nitrogens with one attached hydrogen (secondary N) is 2. The summed E-state index contributed by atoms with van der Waals surface area (Å²) in [5.41, 5.74) is 5.49. The van der Waals surface area contributed by atoms with Crippen molar-refractivity contribution < 1.29 is 8.42 Å². The molecule has 18 heavy (non-hydrogen) atoms. The lowest BCUT2D eigenvalue weighted by molar-refractivity contribution is 0.307. The highest BCUT2D eigenvalue weighted by Crippen LogP contribution is 2.13. The third kappa shape index (κ3) is 3.37. The molecule has 0 spiro atoms. The van der Waals surface area contributed by atoms with Crippen LogP contribution >= 0.6 is 11.8 Å². The number of nitrogen functional groups attached to an aromatic ring is 1. The number of H-pyrrole nitrogens is 1. The van der Waals surface area contributed by atoms with E-state index >= 15 is 0 Å². The summed E-state index contributed by atoms with van der Waals surface area (Å²) < 4.78 is 26.3. The van der Waals surface area contributed by atoms with Crippen molar-refractivity contribution in [3.05, 3.63) is 6.20 Å². The van der Waals surface area contributed by atoms with Crippen molar-refractivity contribution in [1.82, 2.24) is 19.8 Å². The Morgan fingerprint density at radius 1 is 1.50 bits per heavy atom.